The average Bonchev–Trinajstić information content (AvgIpc) is 1.77. The zero-order valence-electron chi connectivity index (χ0n) is 4.20. The monoisotopic (exact) mass is 191 g/mol. The van der Waals surface area contributed by atoms with Gasteiger partial charge in [0, 0.05) is 11.5 Å². The van der Waals surface area contributed by atoms with E-state index in [1.807, 2.05) is 18.6 Å². The Kier molecular flexibility index (Phi) is 2.15. The predicted octanol–water partition coefficient (Wildman–Crippen LogP) is 3.00. The first-order valence-electron chi connectivity index (χ1n) is 2.34. The van der Waals surface area contributed by atoms with E-state index in [4.69, 9.17) is 11.6 Å². The Bertz CT molecular complexity index is 129. The lowest BCUT2D eigenvalue weighted by Gasteiger charge is -2.01. The van der Waals surface area contributed by atoms with E-state index < -0.39 is 0 Å². The molecular formula is C6H5BrCl. The van der Waals surface area contributed by atoms with Crippen molar-refractivity contribution in [3.05, 3.63) is 28.1 Å². The second-order valence-corrected chi connectivity index (χ2v) is 3.03. The van der Waals surface area contributed by atoms with E-state index >= 15 is 0 Å². The molecule has 1 radical (unpaired) electrons. The third-order valence-corrected chi connectivity index (χ3v) is 1.78. The summed E-state index contributed by atoms with van der Waals surface area (Å²) in [7, 11) is 0. The number of hydrogen-bond acceptors (Lipinski definition) is 0. The van der Waals surface area contributed by atoms with Crippen LogP contribution in [0.2, 0.25) is 0 Å². The van der Waals surface area contributed by atoms with Crippen molar-refractivity contribution in [3.8, 4) is 0 Å². The van der Waals surface area contributed by atoms with Gasteiger partial charge in [0.15, 0.2) is 0 Å². The van der Waals surface area contributed by atoms with Gasteiger partial charge in [0.05, 0.1) is 0 Å². The Hall–Kier alpha value is 0.250. The molecule has 0 spiro atoms. The highest BCUT2D eigenvalue weighted by Crippen LogP contribution is 2.22. The van der Waals surface area contributed by atoms with Crippen molar-refractivity contribution in [1.82, 2.24) is 0 Å². The van der Waals surface area contributed by atoms with Gasteiger partial charge in [0.1, 0.15) is 0 Å². The maximum absolute atomic E-state index is 5.62. The van der Waals surface area contributed by atoms with Crippen LogP contribution < -0.4 is 0 Å². The lowest BCUT2D eigenvalue weighted by Crippen LogP contribution is -1.82. The maximum atomic E-state index is 5.62. The van der Waals surface area contributed by atoms with Gasteiger partial charge < -0.3 is 0 Å². The van der Waals surface area contributed by atoms with Gasteiger partial charge in [-0.1, -0.05) is 33.6 Å². The second-order valence-electron chi connectivity index (χ2n) is 1.57. The van der Waals surface area contributed by atoms with E-state index in [0.717, 1.165) is 11.5 Å². The van der Waals surface area contributed by atoms with Gasteiger partial charge in [-0.3, -0.25) is 0 Å². The molecule has 0 nitrogen and oxygen atoms in total. The molecule has 0 amide bonds. The van der Waals surface area contributed by atoms with Crippen LogP contribution in [0.5, 0.6) is 0 Å². The number of rotatable bonds is 0. The molecule has 2 heteroatoms. The molecule has 0 atom stereocenters. The van der Waals surface area contributed by atoms with Crippen LogP contribution in [-0.2, 0) is 0 Å². The fourth-order valence-corrected chi connectivity index (χ4v) is 0.935. The Morgan fingerprint density at radius 3 is 2.62 bits per heavy atom. The molecule has 0 aliphatic heterocycles. The molecule has 0 aromatic carbocycles. The first kappa shape index (κ1) is 6.37. The summed E-state index contributed by atoms with van der Waals surface area (Å²) in [6.45, 7) is 0. The van der Waals surface area contributed by atoms with Gasteiger partial charge in [-0.05, 0) is 17.0 Å². The second kappa shape index (κ2) is 2.70. The van der Waals surface area contributed by atoms with Gasteiger partial charge >= 0.3 is 0 Å². The summed E-state index contributed by atoms with van der Waals surface area (Å²) in [6.07, 6.45) is 6.72. The molecule has 0 aromatic rings. The predicted molar refractivity (Wildman–Crippen MR) is 39.9 cm³/mol. The maximum Gasteiger partial charge on any atom is 0.0222 e. The van der Waals surface area contributed by atoms with Crippen LogP contribution in [-0.4, -0.2) is 0 Å². The molecule has 0 heterocycles. The average molecular weight is 192 g/mol. The van der Waals surface area contributed by atoms with Gasteiger partial charge in [0.25, 0.3) is 0 Å². The Morgan fingerprint density at radius 1 is 1.50 bits per heavy atom. The summed E-state index contributed by atoms with van der Waals surface area (Å²) in [4.78, 5) is 0. The van der Waals surface area contributed by atoms with Crippen molar-refractivity contribution in [2.75, 3.05) is 0 Å². The Morgan fingerprint density at radius 2 is 2.25 bits per heavy atom. The minimum atomic E-state index is 0.827. The fraction of sp³-hybridized carbons (Fsp3) is 0.167. The minimum absolute atomic E-state index is 0.827. The largest absolute Gasteiger partial charge is 0.0888 e. The summed E-state index contributed by atoms with van der Waals surface area (Å²) in [5.41, 5.74) is 0. The molecule has 1 rings (SSSR count). The molecule has 0 saturated heterocycles. The lowest BCUT2D eigenvalue weighted by molar-refractivity contribution is 1.23. The standard InChI is InChI=1S/C6H5BrCl/c7-5-1-3-6(8)4-2-5/h1,3-4H,2H2. The molecule has 1 aliphatic rings. The van der Waals surface area contributed by atoms with E-state index in [2.05, 4.69) is 15.9 Å². The first-order valence-corrected chi connectivity index (χ1v) is 3.51. The van der Waals surface area contributed by atoms with E-state index in [-0.39, 0.29) is 0 Å². The number of hydrogen-bond donors (Lipinski definition) is 0. The molecule has 1 aliphatic carbocycles. The normalized spacial score (nSPS) is 19.8. The highest BCUT2D eigenvalue weighted by atomic mass is 79.9. The van der Waals surface area contributed by atoms with Crippen LogP contribution in [0.3, 0.4) is 0 Å². The van der Waals surface area contributed by atoms with Crippen LogP contribution in [0.1, 0.15) is 6.42 Å². The molecule has 0 saturated carbocycles. The Balaban J connectivity index is 2.65. The fourth-order valence-electron chi connectivity index (χ4n) is 0.501. The van der Waals surface area contributed by atoms with Gasteiger partial charge in [-0.15, -0.1) is 0 Å². The molecule has 0 aromatic heterocycles. The quantitative estimate of drug-likeness (QED) is 0.553. The molecule has 0 unspecified atom stereocenters. The molecule has 8 heavy (non-hydrogen) atoms. The molecule has 0 bridgehead atoms. The van der Waals surface area contributed by atoms with E-state index in [1.165, 1.54) is 4.48 Å². The third-order valence-electron chi connectivity index (χ3n) is 0.915. The van der Waals surface area contributed by atoms with Crippen molar-refractivity contribution in [2.24, 2.45) is 0 Å². The smallest absolute Gasteiger partial charge is 0.0222 e. The topological polar surface area (TPSA) is 0 Å². The summed E-state index contributed by atoms with van der Waals surface area (Å²) in [5, 5.41) is 0.827. The van der Waals surface area contributed by atoms with E-state index in [0.29, 0.717) is 0 Å². The molecule has 43 valence electrons. The number of halogens is 2. The number of allylic oxidation sites excluding steroid dienone is 4. The summed E-state index contributed by atoms with van der Waals surface area (Å²) in [6, 6.07) is 0. The lowest BCUT2D eigenvalue weighted by atomic mass is 10.2. The highest BCUT2D eigenvalue weighted by molar-refractivity contribution is 9.11. The van der Waals surface area contributed by atoms with Crippen LogP contribution in [0, 0.1) is 6.42 Å². The van der Waals surface area contributed by atoms with Crippen molar-refractivity contribution < 1.29 is 0 Å². The molecule has 0 fully saturated rings. The van der Waals surface area contributed by atoms with Gasteiger partial charge in [0.2, 0.25) is 0 Å². The third kappa shape index (κ3) is 1.64. The summed E-state index contributed by atoms with van der Waals surface area (Å²) < 4.78 is 1.18. The van der Waals surface area contributed by atoms with Crippen LogP contribution in [0.4, 0.5) is 0 Å². The van der Waals surface area contributed by atoms with Crippen molar-refractivity contribution in [2.45, 2.75) is 6.42 Å². The van der Waals surface area contributed by atoms with E-state index in [9.17, 15) is 0 Å². The van der Waals surface area contributed by atoms with Crippen LogP contribution in [0.15, 0.2) is 21.7 Å². The van der Waals surface area contributed by atoms with Crippen LogP contribution in [0.25, 0.3) is 0 Å². The summed E-state index contributed by atoms with van der Waals surface area (Å²) >= 11 is 8.96. The van der Waals surface area contributed by atoms with Gasteiger partial charge in [-0.2, -0.15) is 0 Å². The van der Waals surface area contributed by atoms with Gasteiger partial charge in [-0.25, -0.2) is 0 Å². The van der Waals surface area contributed by atoms with Crippen LogP contribution >= 0.6 is 27.5 Å². The minimum Gasteiger partial charge on any atom is -0.0888 e. The highest BCUT2D eigenvalue weighted by Gasteiger charge is 1.99. The van der Waals surface area contributed by atoms with Crippen molar-refractivity contribution >= 4 is 27.5 Å². The van der Waals surface area contributed by atoms with E-state index in [1.54, 1.807) is 0 Å². The molecular weight excluding hydrogens is 187 g/mol. The SMILES string of the molecule is ClC1=CC=C(Br)C[CH]1. The zero-order valence-corrected chi connectivity index (χ0v) is 6.54. The Labute approximate surface area is 62.3 Å². The van der Waals surface area contributed by atoms with Crippen molar-refractivity contribution in [3.63, 3.8) is 0 Å². The molecule has 0 N–H and O–H groups in total. The summed E-state index contributed by atoms with van der Waals surface area (Å²) in [5.74, 6) is 0. The zero-order chi connectivity index (χ0) is 5.98. The first-order chi connectivity index (χ1) is 3.79. The van der Waals surface area contributed by atoms with Crippen molar-refractivity contribution in [1.29, 1.82) is 0 Å².